The van der Waals surface area contributed by atoms with Crippen molar-refractivity contribution in [3.8, 4) is 5.75 Å². The summed E-state index contributed by atoms with van der Waals surface area (Å²) in [5.74, 6) is 0.396. The van der Waals surface area contributed by atoms with Crippen LogP contribution in [-0.4, -0.2) is 5.11 Å². The van der Waals surface area contributed by atoms with Crippen molar-refractivity contribution in [2.45, 2.75) is 0 Å². The number of fused-ring (bicyclic) bond motifs is 2. The lowest BCUT2D eigenvalue weighted by Crippen LogP contribution is -1.64. The number of thiophene rings is 2. The summed E-state index contributed by atoms with van der Waals surface area (Å²) in [5.41, 5.74) is 0. The highest BCUT2D eigenvalue weighted by molar-refractivity contribution is 7.19. The summed E-state index contributed by atoms with van der Waals surface area (Å²) in [4.78, 5) is 0. The molecule has 2 heterocycles. The van der Waals surface area contributed by atoms with Crippen LogP contribution in [0.3, 0.4) is 0 Å². The highest BCUT2D eigenvalue weighted by Crippen LogP contribution is 2.35. The molecule has 0 radical (unpaired) electrons. The molecule has 1 nitrogen and oxygen atoms in total. The van der Waals surface area contributed by atoms with Gasteiger partial charge in [0.15, 0.2) is 0 Å². The van der Waals surface area contributed by atoms with Crippen molar-refractivity contribution in [1.82, 2.24) is 0 Å². The van der Waals surface area contributed by atoms with E-state index in [0.29, 0.717) is 5.75 Å². The molecule has 1 N–H and O–H groups in total. The van der Waals surface area contributed by atoms with Gasteiger partial charge >= 0.3 is 0 Å². The lowest BCUT2D eigenvalue weighted by atomic mass is 10.2. The Morgan fingerprint density at radius 2 is 2.00 bits per heavy atom. The summed E-state index contributed by atoms with van der Waals surface area (Å²) in [6.45, 7) is 0. The highest BCUT2D eigenvalue weighted by atomic mass is 32.1. The van der Waals surface area contributed by atoms with Gasteiger partial charge in [-0.1, -0.05) is 0 Å². The fourth-order valence-electron chi connectivity index (χ4n) is 1.47. The largest absolute Gasteiger partial charge is 0.506 e. The summed E-state index contributed by atoms with van der Waals surface area (Å²) in [6, 6.07) is 6.27. The predicted octanol–water partition coefficient (Wildman–Crippen LogP) is 3.82. The van der Waals surface area contributed by atoms with Gasteiger partial charge in [-0.15, -0.1) is 22.7 Å². The monoisotopic (exact) mass is 206 g/mol. The van der Waals surface area contributed by atoms with E-state index >= 15 is 0 Å². The Morgan fingerprint density at radius 1 is 1.08 bits per heavy atom. The third-order valence-corrected chi connectivity index (χ3v) is 3.94. The molecular weight excluding hydrogens is 200 g/mol. The van der Waals surface area contributed by atoms with Crippen molar-refractivity contribution in [3.63, 3.8) is 0 Å². The third kappa shape index (κ3) is 0.975. The van der Waals surface area contributed by atoms with Crippen LogP contribution in [0.4, 0.5) is 0 Å². The van der Waals surface area contributed by atoms with E-state index in [2.05, 4.69) is 17.5 Å². The molecule has 2 aromatic heterocycles. The van der Waals surface area contributed by atoms with E-state index in [9.17, 15) is 5.11 Å². The molecule has 0 spiro atoms. The molecule has 0 unspecified atom stereocenters. The fourth-order valence-corrected chi connectivity index (χ4v) is 3.20. The lowest BCUT2D eigenvalue weighted by molar-refractivity contribution is 0.484. The molecule has 0 aliphatic rings. The Hall–Kier alpha value is -1.06. The number of aromatic hydroxyl groups is 1. The van der Waals surface area contributed by atoms with E-state index < -0.39 is 0 Å². The maximum Gasteiger partial charge on any atom is 0.134 e. The second kappa shape index (κ2) is 2.47. The van der Waals surface area contributed by atoms with Crippen LogP contribution in [0.25, 0.3) is 20.2 Å². The minimum Gasteiger partial charge on any atom is -0.506 e. The Morgan fingerprint density at radius 3 is 2.92 bits per heavy atom. The van der Waals surface area contributed by atoms with Gasteiger partial charge in [-0.2, -0.15) is 0 Å². The quantitative estimate of drug-likeness (QED) is 0.592. The molecule has 0 atom stereocenters. The molecule has 1 aromatic carbocycles. The Balaban J connectivity index is 2.59. The molecule has 0 amide bonds. The second-order valence-corrected chi connectivity index (χ2v) is 4.79. The van der Waals surface area contributed by atoms with E-state index in [0.717, 1.165) is 10.1 Å². The maximum atomic E-state index is 9.52. The minimum atomic E-state index is 0.396. The van der Waals surface area contributed by atoms with Crippen molar-refractivity contribution in [2.24, 2.45) is 0 Å². The predicted molar refractivity (Wildman–Crippen MR) is 58.9 cm³/mol. The molecule has 0 fully saturated rings. The average Bonchev–Trinajstić information content (AvgIpc) is 2.70. The first-order valence-corrected chi connectivity index (χ1v) is 5.68. The Labute approximate surface area is 82.9 Å². The van der Waals surface area contributed by atoms with Gasteiger partial charge in [0.2, 0.25) is 0 Å². The van der Waals surface area contributed by atoms with Gasteiger partial charge in [-0.05, 0) is 29.0 Å². The topological polar surface area (TPSA) is 20.2 Å². The van der Waals surface area contributed by atoms with E-state index in [1.54, 1.807) is 28.1 Å². The van der Waals surface area contributed by atoms with Crippen LogP contribution < -0.4 is 0 Å². The third-order valence-electron chi connectivity index (χ3n) is 2.13. The van der Waals surface area contributed by atoms with Crippen LogP contribution in [0.15, 0.2) is 29.0 Å². The van der Waals surface area contributed by atoms with Gasteiger partial charge in [0.05, 0.1) is 0 Å². The summed E-state index contributed by atoms with van der Waals surface area (Å²) in [7, 11) is 0. The zero-order valence-corrected chi connectivity index (χ0v) is 8.28. The molecule has 13 heavy (non-hydrogen) atoms. The molecule has 0 aliphatic carbocycles. The van der Waals surface area contributed by atoms with E-state index in [1.807, 2.05) is 6.07 Å². The second-order valence-electron chi connectivity index (χ2n) is 2.93. The number of hydrogen-bond acceptors (Lipinski definition) is 3. The van der Waals surface area contributed by atoms with Gasteiger partial charge in [0, 0.05) is 20.2 Å². The molecule has 3 aromatic rings. The molecule has 0 bridgehead atoms. The lowest BCUT2D eigenvalue weighted by Gasteiger charge is -1.91. The average molecular weight is 206 g/mol. The maximum absolute atomic E-state index is 9.52. The van der Waals surface area contributed by atoms with Crippen molar-refractivity contribution in [1.29, 1.82) is 0 Å². The zero-order chi connectivity index (χ0) is 8.84. The molecule has 0 saturated heterocycles. The van der Waals surface area contributed by atoms with Gasteiger partial charge in [-0.3, -0.25) is 0 Å². The van der Waals surface area contributed by atoms with Crippen molar-refractivity contribution in [2.75, 3.05) is 0 Å². The normalized spacial score (nSPS) is 11.4. The summed E-state index contributed by atoms with van der Waals surface area (Å²) in [6.07, 6.45) is 0. The van der Waals surface area contributed by atoms with Crippen LogP contribution in [-0.2, 0) is 0 Å². The van der Waals surface area contributed by atoms with E-state index in [4.69, 9.17) is 0 Å². The van der Waals surface area contributed by atoms with Crippen LogP contribution >= 0.6 is 22.7 Å². The zero-order valence-electron chi connectivity index (χ0n) is 6.65. The van der Waals surface area contributed by atoms with Gasteiger partial charge in [0.1, 0.15) is 5.75 Å². The van der Waals surface area contributed by atoms with Crippen LogP contribution in [0.1, 0.15) is 0 Å². The number of hydrogen-bond donors (Lipinski definition) is 1. The standard InChI is InChI=1S/C10H6OS2/c11-8-5-13-10-4-9-6(1-2-12-9)3-7(8)10/h1-5,11H. The first-order chi connectivity index (χ1) is 6.34. The first-order valence-electron chi connectivity index (χ1n) is 3.92. The summed E-state index contributed by atoms with van der Waals surface area (Å²) < 4.78 is 2.45. The smallest absolute Gasteiger partial charge is 0.134 e. The number of rotatable bonds is 0. The fraction of sp³-hybridized carbons (Fsp3) is 0. The summed E-state index contributed by atoms with van der Waals surface area (Å²) >= 11 is 3.33. The van der Waals surface area contributed by atoms with Gasteiger partial charge in [0.25, 0.3) is 0 Å². The van der Waals surface area contributed by atoms with Crippen molar-refractivity contribution < 1.29 is 5.11 Å². The molecule has 0 aliphatic heterocycles. The van der Waals surface area contributed by atoms with E-state index in [-0.39, 0.29) is 0 Å². The van der Waals surface area contributed by atoms with Crippen LogP contribution in [0.5, 0.6) is 5.75 Å². The van der Waals surface area contributed by atoms with Crippen molar-refractivity contribution >= 4 is 42.8 Å². The van der Waals surface area contributed by atoms with Crippen molar-refractivity contribution in [3.05, 3.63) is 29.0 Å². The number of benzene rings is 1. The molecule has 3 heteroatoms. The van der Waals surface area contributed by atoms with E-state index in [1.165, 1.54) is 10.1 Å². The summed E-state index contributed by atoms with van der Waals surface area (Å²) in [5, 5.41) is 15.6. The molecule has 0 saturated carbocycles. The van der Waals surface area contributed by atoms with Gasteiger partial charge < -0.3 is 5.11 Å². The Kier molecular flexibility index (Phi) is 1.39. The molecular formula is C10H6OS2. The van der Waals surface area contributed by atoms with Crippen LogP contribution in [0, 0.1) is 0 Å². The highest BCUT2D eigenvalue weighted by Gasteiger charge is 2.04. The molecule has 64 valence electrons. The van der Waals surface area contributed by atoms with Crippen LogP contribution in [0.2, 0.25) is 0 Å². The minimum absolute atomic E-state index is 0.396. The SMILES string of the molecule is Oc1csc2cc3sccc3cc12. The Bertz CT molecular complexity index is 577. The van der Waals surface area contributed by atoms with Gasteiger partial charge in [-0.25, -0.2) is 0 Å². The molecule has 3 rings (SSSR count). The first kappa shape index (κ1) is 7.35.